The molecule has 3 rings (SSSR count). The number of aromatic nitrogens is 2. The van der Waals surface area contributed by atoms with Crippen molar-refractivity contribution in [2.45, 2.75) is 20.8 Å². The van der Waals surface area contributed by atoms with E-state index in [4.69, 9.17) is 0 Å². The number of hydrogen-bond donors (Lipinski definition) is 1. The van der Waals surface area contributed by atoms with Crippen molar-refractivity contribution in [3.63, 3.8) is 0 Å². The van der Waals surface area contributed by atoms with E-state index in [2.05, 4.69) is 22.3 Å². The molecule has 7 heteroatoms. The minimum Gasteiger partial charge on any atom is -0.321 e. The summed E-state index contributed by atoms with van der Waals surface area (Å²) >= 11 is 0. The zero-order valence-electron chi connectivity index (χ0n) is 17.3. The second kappa shape index (κ2) is 8.21. The number of nitro benzene ring substituents is 1. The first-order chi connectivity index (χ1) is 14.1. The van der Waals surface area contributed by atoms with Crippen LogP contribution in [0.1, 0.15) is 36.7 Å². The molecule has 0 saturated carbocycles. The van der Waals surface area contributed by atoms with Gasteiger partial charge < -0.3 is 5.32 Å². The van der Waals surface area contributed by atoms with Crippen LogP contribution in [-0.2, 0) is 7.05 Å². The van der Waals surface area contributed by atoms with Gasteiger partial charge >= 0.3 is 0 Å². The Balaban J connectivity index is 2.11. The fourth-order valence-corrected chi connectivity index (χ4v) is 2.77. The molecule has 0 bridgehead atoms. The van der Waals surface area contributed by atoms with Gasteiger partial charge in [-0.15, -0.1) is 0 Å². The van der Waals surface area contributed by atoms with Crippen molar-refractivity contribution >= 4 is 17.3 Å². The van der Waals surface area contributed by atoms with Gasteiger partial charge in [0.1, 0.15) is 5.69 Å². The summed E-state index contributed by atoms with van der Waals surface area (Å²) in [4.78, 5) is 23.5. The molecule has 0 aliphatic carbocycles. The van der Waals surface area contributed by atoms with E-state index in [0.717, 1.165) is 0 Å². The van der Waals surface area contributed by atoms with Gasteiger partial charge in [-0.25, -0.2) is 0 Å². The van der Waals surface area contributed by atoms with Crippen LogP contribution in [0, 0.1) is 27.4 Å². The number of nitro groups is 1. The maximum atomic E-state index is 12.7. The molecular formula is C23H22N4O3. The summed E-state index contributed by atoms with van der Waals surface area (Å²) < 4.78 is 1.60. The van der Waals surface area contributed by atoms with Crippen LogP contribution >= 0.6 is 0 Å². The summed E-state index contributed by atoms with van der Waals surface area (Å²) in [6.45, 7) is 5.98. The number of nitrogens with zero attached hydrogens (tertiary/aromatic N) is 3. The van der Waals surface area contributed by atoms with Gasteiger partial charge in [-0.3, -0.25) is 19.6 Å². The molecule has 3 aromatic rings. The number of carbonyl (C=O) groups is 1. The van der Waals surface area contributed by atoms with Gasteiger partial charge in [0.2, 0.25) is 0 Å². The van der Waals surface area contributed by atoms with Gasteiger partial charge in [-0.05, 0) is 39.0 Å². The zero-order chi connectivity index (χ0) is 21.9. The Hall–Kier alpha value is -3.92. The van der Waals surface area contributed by atoms with Crippen molar-refractivity contribution in [1.29, 1.82) is 0 Å². The number of amides is 1. The van der Waals surface area contributed by atoms with Gasteiger partial charge in [-0.1, -0.05) is 30.0 Å². The fourth-order valence-electron chi connectivity index (χ4n) is 2.77. The molecule has 0 fully saturated rings. The van der Waals surface area contributed by atoms with Gasteiger partial charge in [0, 0.05) is 41.9 Å². The van der Waals surface area contributed by atoms with Gasteiger partial charge in [0.05, 0.1) is 16.2 Å². The molecule has 2 aromatic carbocycles. The lowest BCUT2D eigenvalue weighted by atomic mass is 9.97. The monoisotopic (exact) mass is 402 g/mol. The van der Waals surface area contributed by atoms with Crippen molar-refractivity contribution in [2.75, 3.05) is 5.32 Å². The van der Waals surface area contributed by atoms with Gasteiger partial charge in [-0.2, -0.15) is 5.10 Å². The molecule has 1 N–H and O–H groups in total. The average Bonchev–Trinajstić information content (AvgIpc) is 3.07. The number of carbonyl (C=O) groups excluding carboxylic acids is 1. The van der Waals surface area contributed by atoms with E-state index in [1.165, 1.54) is 18.2 Å². The minimum atomic E-state index is -0.476. The van der Waals surface area contributed by atoms with Crippen LogP contribution < -0.4 is 5.32 Å². The lowest BCUT2D eigenvalue weighted by Gasteiger charge is -2.11. The largest absolute Gasteiger partial charge is 0.321 e. The van der Waals surface area contributed by atoms with Crippen molar-refractivity contribution in [3.8, 4) is 23.1 Å². The predicted molar refractivity (Wildman–Crippen MR) is 116 cm³/mol. The van der Waals surface area contributed by atoms with E-state index in [0.29, 0.717) is 28.1 Å². The number of non-ortho nitro benzene ring substituents is 1. The summed E-state index contributed by atoms with van der Waals surface area (Å²) in [5.41, 5.74) is 2.13. The first kappa shape index (κ1) is 20.8. The molecule has 0 radical (unpaired) electrons. The second-order valence-corrected chi connectivity index (χ2v) is 7.87. The highest BCUT2D eigenvalue weighted by molar-refractivity contribution is 6.06. The highest BCUT2D eigenvalue weighted by Crippen LogP contribution is 2.33. The average molecular weight is 402 g/mol. The van der Waals surface area contributed by atoms with E-state index < -0.39 is 4.92 Å². The molecule has 0 spiro atoms. The molecule has 152 valence electrons. The van der Waals surface area contributed by atoms with Crippen LogP contribution in [-0.4, -0.2) is 20.6 Å². The molecule has 1 aromatic heterocycles. The van der Waals surface area contributed by atoms with E-state index in [1.54, 1.807) is 42.2 Å². The Bertz CT molecular complexity index is 1160. The number of benzene rings is 2. The Labute approximate surface area is 174 Å². The highest BCUT2D eigenvalue weighted by atomic mass is 16.6. The molecule has 1 amide bonds. The smallest absolute Gasteiger partial charge is 0.270 e. The van der Waals surface area contributed by atoms with Crippen LogP contribution in [0.15, 0.2) is 54.7 Å². The number of rotatable bonds is 4. The SMILES string of the molecule is Cn1cc(C#CC(C)(C)C)c(-c2cc([N+](=O)[O-])ccc2NC(=O)c2ccccc2)n1. The Kier molecular flexibility index (Phi) is 5.70. The highest BCUT2D eigenvalue weighted by Gasteiger charge is 2.19. The molecule has 1 heterocycles. The third-order valence-electron chi connectivity index (χ3n) is 4.15. The molecule has 30 heavy (non-hydrogen) atoms. The van der Waals surface area contributed by atoms with Crippen LogP contribution in [0.25, 0.3) is 11.3 Å². The van der Waals surface area contributed by atoms with Crippen molar-refractivity contribution in [2.24, 2.45) is 12.5 Å². The number of nitrogens with one attached hydrogen (secondary N) is 1. The molecular weight excluding hydrogens is 380 g/mol. The van der Waals surface area contributed by atoms with Crippen molar-refractivity contribution < 1.29 is 9.72 Å². The molecule has 7 nitrogen and oxygen atoms in total. The third kappa shape index (κ3) is 4.92. The topological polar surface area (TPSA) is 90.1 Å². The third-order valence-corrected chi connectivity index (χ3v) is 4.15. The summed E-state index contributed by atoms with van der Waals surface area (Å²) in [5, 5.41) is 18.7. The summed E-state index contributed by atoms with van der Waals surface area (Å²) in [6, 6.07) is 13.0. The Morgan fingerprint density at radius 3 is 2.50 bits per heavy atom. The first-order valence-electron chi connectivity index (χ1n) is 9.36. The predicted octanol–water partition coefficient (Wildman–Crippen LogP) is 4.65. The Morgan fingerprint density at radius 2 is 1.87 bits per heavy atom. The van der Waals surface area contributed by atoms with Crippen LogP contribution in [0.2, 0.25) is 0 Å². The molecule has 0 aliphatic heterocycles. The quantitative estimate of drug-likeness (QED) is 0.391. The van der Waals surface area contributed by atoms with Gasteiger partial charge in [0.15, 0.2) is 0 Å². The summed E-state index contributed by atoms with van der Waals surface area (Å²) in [5.74, 6) is 5.96. The lowest BCUT2D eigenvalue weighted by Crippen LogP contribution is -2.12. The van der Waals surface area contributed by atoms with E-state index in [-0.39, 0.29) is 17.0 Å². The maximum absolute atomic E-state index is 12.7. The van der Waals surface area contributed by atoms with Crippen LogP contribution in [0.4, 0.5) is 11.4 Å². The lowest BCUT2D eigenvalue weighted by molar-refractivity contribution is -0.384. The number of anilines is 1. The summed E-state index contributed by atoms with van der Waals surface area (Å²) in [6.07, 6.45) is 1.76. The maximum Gasteiger partial charge on any atom is 0.270 e. The zero-order valence-corrected chi connectivity index (χ0v) is 17.3. The first-order valence-corrected chi connectivity index (χ1v) is 9.36. The Morgan fingerprint density at radius 1 is 1.17 bits per heavy atom. The molecule has 0 unspecified atom stereocenters. The van der Waals surface area contributed by atoms with Gasteiger partial charge in [0.25, 0.3) is 11.6 Å². The number of hydrogen-bond acceptors (Lipinski definition) is 4. The minimum absolute atomic E-state index is 0.0944. The van der Waals surface area contributed by atoms with E-state index in [9.17, 15) is 14.9 Å². The van der Waals surface area contributed by atoms with E-state index >= 15 is 0 Å². The fraction of sp³-hybridized carbons (Fsp3) is 0.217. The van der Waals surface area contributed by atoms with Crippen molar-refractivity contribution in [3.05, 3.63) is 76.0 Å². The number of aryl methyl sites for hydroxylation is 1. The molecule has 0 aliphatic rings. The normalized spacial score (nSPS) is 10.8. The van der Waals surface area contributed by atoms with Crippen LogP contribution in [0.5, 0.6) is 0 Å². The molecule has 0 atom stereocenters. The summed E-state index contributed by atoms with van der Waals surface area (Å²) in [7, 11) is 1.76. The van der Waals surface area contributed by atoms with Crippen LogP contribution in [0.3, 0.4) is 0 Å². The second-order valence-electron chi connectivity index (χ2n) is 7.87. The molecule has 0 saturated heterocycles. The standard InChI is InChI=1S/C23H22N4O3/c1-23(2,3)13-12-17-15-26(4)25-21(17)19-14-18(27(29)30)10-11-20(19)24-22(28)16-8-6-5-7-9-16/h5-11,14-15H,1-4H3,(H,24,28). The van der Waals surface area contributed by atoms with Crippen molar-refractivity contribution in [1.82, 2.24) is 9.78 Å². The van der Waals surface area contributed by atoms with E-state index in [1.807, 2.05) is 26.8 Å².